The van der Waals surface area contributed by atoms with Crippen molar-refractivity contribution in [2.24, 2.45) is 0 Å². The molecule has 0 aromatic heterocycles. The molecule has 84 valence electrons. The van der Waals surface area contributed by atoms with Crippen LogP contribution in [0.4, 0.5) is 5.69 Å². The largest absolute Gasteiger partial charge is 0.389 e. The first-order valence-electron chi connectivity index (χ1n) is 5.58. The van der Waals surface area contributed by atoms with Crippen LogP contribution in [0.5, 0.6) is 0 Å². The normalized spacial score (nSPS) is 18.9. The fraction of sp³-hybridized carbons (Fsp3) is 0.417. The first kappa shape index (κ1) is 9.66. The molecule has 0 aliphatic carbocycles. The highest BCUT2D eigenvalue weighted by atomic mass is 16.3. The molecular formula is C12H14N2O2. The quantitative estimate of drug-likeness (QED) is 0.720. The van der Waals surface area contributed by atoms with Crippen LogP contribution in [-0.2, 0) is 6.42 Å². The number of fused-ring (bicyclic) bond motifs is 1. The van der Waals surface area contributed by atoms with Crippen LogP contribution in [0.1, 0.15) is 15.9 Å². The van der Waals surface area contributed by atoms with E-state index < -0.39 is 0 Å². The van der Waals surface area contributed by atoms with E-state index in [1.165, 1.54) is 5.56 Å². The standard InChI is InChI=1S/C12H14N2O2/c15-10-6-14(7-10)12(16)9-1-2-11-8(5-9)3-4-13-11/h1-2,5,10,13,15H,3-4,6-7H2. The van der Waals surface area contributed by atoms with Gasteiger partial charge in [0.1, 0.15) is 0 Å². The van der Waals surface area contributed by atoms with Crippen LogP contribution in [0, 0.1) is 0 Å². The van der Waals surface area contributed by atoms with Crippen LogP contribution in [-0.4, -0.2) is 41.7 Å². The van der Waals surface area contributed by atoms with Crippen LogP contribution >= 0.6 is 0 Å². The van der Waals surface area contributed by atoms with Gasteiger partial charge in [-0.05, 0) is 30.2 Å². The molecule has 4 nitrogen and oxygen atoms in total. The Morgan fingerprint density at radius 3 is 3.00 bits per heavy atom. The number of hydrogen-bond donors (Lipinski definition) is 2. The van der Waals surface area contributed by atoms with Crippen LogP contribution in [0.2, 0.25) is 0 Å². The van der Waals surface area contributed by atoms with E-state index in [-0.39, 0.29) is 12.0 Å². The number of amides is 1. The number of nitrogens with zero attached hydrogens (tertiary/aromatic N) is 1. The maximum Gasteiger partial charge on any atom is 0.254 e. The van der Waals surface area contributed by atoms with Crippen molar-refractivity contribution < 1.29 is 9.90 Å². The number of likely N-dealkylation sites (tertiary alicyclic amines) is 1. The highest BCUT2D eigenvalue weighted by Gasteiger charge is 2.29. The molecule has 4 heteroatoms. The first-order chi connectivity index (χ1) is 7.74. The molecule has 0 radical (unpaired) electrons. The van der Waals surface area contributed by atoms with Gasteiger partial charge in [-0.3, -0.25) is 4.79 Å². The van der Waals surface area contributed by atoms with E-state index in [4.69, 9.17) is 5.11 Å². The fourth-order valence-electron chi connectivity index (χ4n) is 2.24. The molecule has 2 aliphatic rings. The van der Waals surface area contributed by atoms with Crippen LogP contribution in [0.15, 0.2) is 18.2 Å². The van der Waals surface area contributed by atoms with E-state index in [1.54, 1.807) is 4.90 Å². The van der Waals surface area contributed by atoms with Gasteiger partial charge in [-0.2, -0.15) is 0 Å². The second-order valence-electron chi connectivity index (χ2n) is 4.41. The monoisotopic (exact) mass is 218 g/mol. The van der Waals surface area contributed by atoms with Gasteiger partial charge in [-0.25, -0.2) is 0 Å². The fourth-order valence-corrected chi connectivity index (χ4v) is 2.24. The molecule has 1 amide bonds. The molecule has 2 N–H and O–H groups in total. The Morgan fingerprint density at radius 1 is 1.44 bits per heavy atom. The third-order valence-corrected chi connectivity index (χ3v) is 3.21. The summed E-state index contributed by atoms with van der Waals surface area (Å²) in [6.45, 7) is 1.89. The number of rotatable bonds is 1. The summed E-state index contributed by atoms with van der Waals surface area (Å²) >= 11 is 0. The molecule has 1 aromatic rings. The molecule has 1 saturated heterocycles. The van der Waals surface area contributed by atoms with Crippen molar-refractivity contribution in [3.8, 4) is 0 Å². The molecule has 1 fully saturated rings. The third-order valence-electron chi connectivity index (χ3n) is 3.21. The zero-order valence-electron chi connectivity index (χ0n) is 8.94. The molecule has 2 heterocycles. The van der Waals surface area contributed by atoms with Crippen molar-refractivity contribution in [2.75, 3.05) is 25.0 Å². The Morgan fingerprint density at radius 2 is 2.25 bits per heavy atom. The number of aliphatic hydroxyl groups is 1. The topological polar surface area (TPSA) is 52.6 Å². The number of carbonyl (C=O) groups is 1. The highest BCUT2D eigenvalue weighted by molar-refractivity contribution is 5.95. The Labute approximate surface area is 93.9 Å². The lowest BCUT2D eigenvalue weighted by molar-refractivity contribution is 0.00589. The smallest absolute Gasteiger partial charge is 0.254 e. The lowest BCUT2D eigenvalue weighted by Gasteiger charge is -2.35. The van der Waals surface area contributed by atoms with Gasteiger partial charge >= 0.3 is 0 Å². The minimum absolute atomic E-state index is 0.0278. The van der Waals surface area contributed by atoms with E-state index in [1.807, 2.05) is 18.2 Å². The molecule has 3 rings (SSSR count). The number of benzene rings is 1. The van der Waals surface area contributed by atoms with Crippen LogP contribution < -0.4 is 5.32 Å². The van der Waals surface area contributed by atoms with E-state index in [0.717, 1.165) is 24.2 Å². The second kappa shape index (κ2) is 3.49. The number of aliphatic hydroxyl groups excluding tert-OH is 1. The maximum absolute atomic E-state index is 12.0. The average molecular weight is 218 g/mol. The molecule has 0 atom stereocenters. The van der Waals surface area contributed by atoms with E-state index >= 15 is 0 Å². The summed E-state index contributed by atoms with van der Waals surface area (Å²) in [5, 5.41) is 12.4. The molecule has 1 aromatic carbocycles. The second-order valence-corrected chi connectivity index (χ2v) is 4.41. The van der Waals surface area contributed by atoms with Crippen molar-refractivity contribution >= 4 is 11.6 Å². The predicted molar refractivity (Wildman–Crippen MR) is 60.5 cm³/mol. The Hall–Kier alpha value is -1.55. The Bertz CT molecular complexity index is 439. The molecule has 2 aliphatic heterocycles. The van der Waals surface area contributed by atoms with Gasteiger partial charge in [-0.1, -0.05) is 0 Å². The van der Waals surface area contributed by atoms with Gasteiger partial charge in [0.05, 0.1) is 6.10 Å². The van der Waals surface area contributed by atoms with Gasteiger partial charge < -0.3 is 15.3 Å². The zero-order chi connectivity index (χ0) is 11.1. The minimum atomic E-state index is -0.333. The van der Waals surface area contributed by atoms with Crippen molar-refractivity contribution in [1.29, 1.82) is 0 Å². The Balaban J connectivity index is 1.82. The number of carbonyl (C=O) groups excluding carboxylic acids is 1. The van der Waals surface area contributed by atoms with Crippen molar-refractivity contribution in [3.63, 3.8) is 0 Å². The molecule has 0 bridgehead atoms. The summed E-state index contributed by atoms with van der Waals surface area (Å²) < 4.78 is 0. The van der Waals surface area contributed by atoms with Crippen molar-refractivity contribution in [3.05, 3.63) is 29.3 Å². The zero-order valence-corrected chi connectivity index (χ0v) is 8.94. The Kier molecular flexibility index (Phi) is 2.11. The summed E-state index contributed by atoms with van der Waals surface area (Å²) in [5.74, 6) is 0.0278. The lowest BCUT2D eigenvalue weighted by atomic mass is 10.1. The van der Waals surface area contributed by atoms with Gasteiger partial charge in [0.25, 0.3) is 5.91 Å². The number of anilines is 1. The SMILES string of the molecule is O=C(c1ccc2c(c1)CCN2)N1CC(O)C1. The lowest BCUT2D eigenvalue weighted by Crippen LogP contribution is -2.53. The number of nitrogens with one attached hydrogen (secondary N) is 1. The molecule has 0 unspecified atom stereocenters. The molecular weight excluding hydrogens is 204 g/mol. The predicted octanol–water partition coefficient (Wildman–Crippen LogP) is 0.471. The number of hydrogen-bond acceptors (Lipinski definition) is 3. The van der Waals surface area contributed by atoms with E-state index in [0.29, 0.717) is 13.1 Å². The summed E-state index contributed by atoms with van der Waals surface area (Å²) in [6, 6.07) is 5.78. The van der Waals surface area contributed by atoms with Crippen LogP contribution in [0.3, 0.4) is 0 Å². The van der Waals surface area contributed by atoms with Gasteiger partial charge in [-0.15, -0.1) is 0 Å². The van der Waals surface area contributed by atoms with Crippen molar-refractivity contribution in [1.82, 2.24) is 4.90 Å². The summed E-state index contributed by atoms with van der Waals surface area (Å²) in [6.07, 6.45) is 0.652. The van der Waals surface area contributed by atoms with E-state index in [2.05, 4.69) is 5.32 Å². The average Bonchev–Trinajstić information content (AvgIpc) is 2.70. The first-order valence-corrected chi connectivity index (χ1v) is 5.58. The van der Waals surface area contributed by atoms with Gasteiger partial charge in [0, 0.05) is 30.9 Å². The molecule has 16 heavy (non-hydrogen) atoms. The van der Waals surface area contributed by atoms with Gasteiger partial charge in [0.15, 0.2) is 0 Å². The summed E-state index contributed by atoms with van der Waals surface area (Å²) in [5.41, 5.74) is 3.08. The van der Waals surface area contributed by atoms with E-state index in [9.17, 15) is 4.79 Å². The third kappa shape index (κ3) is 1.46. The highest BCUT2D eigenvalue weighted by Crippen LogP contribution is 2.24. The number of β-amino-alcohol motifs (C(OH)–C–C–N with tert-alkyl or cyclic N) is 1. The molecule has 0 saturated carbocycles. The minimum Gasteiger partial charge on any atom is -0.389 e. The van der Waals surface area contributed by atoms with Gasteiger partial charge in [0.2, 0.25) is 0 Å². The van der Waals surface area contributed by atoms with Crippen LogP contribution in [0.25, 0.3) is 0 Å². The maximum atomic E-state index is 12.0. The summed E-state index contributed by atoms with van der Waals surface area (Å²) in [4.78, 5) is 13.6. The molecule has 0 spiro atoms. The summed E-state index contributed by atoms with van der Waals surface area (Å²) in [7, 11) is 0. The van der Waals surface area contributed by atoms with Crippen molar-refractivity contribution in [2.45, 2.75) is 12.5 Å².